The summed E-state index contributed by atoms with van der Waals surface area (Å²) in [6.07, 6.45) is -2.46. The molecular weight excluding hydrogens is 433 g/mol. The van der Waals surface area contributed by atoms with Crippen LogP contribution in [0.5, 0.6) is 11.5 Å². The Morgan fingerprint density at radius 1 is 1.12 bits per heavy atom. The van der Waals surface area contributed by atoms with Crippen LogP contribution in [-0.4, -0.2) is 23.9 Å². The molecule has 0 unspecified atom stereocenters. The maximum absolute atomic E-state index is 12.8. The molecule has 33 heavy (non-hydrogen) atoms. The smallest absolute Gasteiger partial charge is 0.496 e. The van der Waals surface area contributed by atoms with Crippen LogP contribution in [0.2, 0.25) is 0 Å². The number of primary amides is 1. The maximum Gasteiger partial charge on any atom is 0.573 e. The molecule has 1 aromatic heterocycles. The highest BCUT2D eigenvalue weighted by Gasteiger charge is 2.32. The van der Waals surface area contributed by atoms with E-state index in [9.17, 15) is 18.0 Å². The van der Waals surface area contributed by atoms with E-state index in [1.165, 1.54) is 18.2 Å². The molecule has 0 saturated heterocycles. The fraction of sp³-hybridized carbons (Fsp3) is 0.320. The number of benzene rings is 2. The van der Waals surface area contributed by atoms with E-state index >= 15 is 0 Å². The summed E-state index contributed by atoms with van der Waals surface area (Å²) in [6.45, 7) is 4.27. The SMILES string of the molecule is CCCCc1c(-c2cccc(OC(F)(F)F)c2)c(C(N)=O)c(C)n1Cc1ccccc1OC. The Kier molecular flexibility index (Phi) is 7.36. The lowest BCUT2D eigenvalue weighted by Crippen LogP contribution is -2.17. The van der Waals surface area contributed by atoms with Crippen molar-refractivity contribution in [3.63, 3.8) is 0 Å². The molecule has 0 spiro atoms. The van der Waals surface area contributed by atoms with Crippen molar-refractivity contribution < 1.29 is 27.4 Å². The average Bonchev–Trinajstić information content (AvgIpc) is 3.03. The minimum atomic E-state index is -4.82. The van der Waals surface area contributed by atoms with Gasteiger partial charge >= 0.3 is 6.36 Å². The second-order valence-electron chi connectivity index (χ2n) is 7.72. The molecule has 0 fully saturated rings. The molecule has 0 aliphatic carbocycles. The van der Waals surface area contributed by atoms with Crippen LogP contribution in [0.4, 0.5) is 13.2 Å². The van der Waals surface area contributed by atoms with Crippen LogP contribution in [0, 0.1) is 6.92 Å². The number of amides is 1. The van der Waals surface area contributed by atoms with Crippen LogP contribution < -0.4 is 15.2 Å². The topological polar surface area (TPSA) is 66.5 Å². The molecule has 5 nitrogen and oxygen atoms in total. The Bertz CT molecular complexity index is 1140. The van der Waals surface area contributed by atoms with E-state index in [2.05, 4.69) is 4.74 Å². The summed E-state index contributed by atoms with van der Waals surface area (Å²) in [5, 5.41) is 0. The van der Waals surface area contributed by atoms with Crippen molar-refractivity contribution in [2.75, 3.05) is 7.11 Å². The van der Waals surface area contributed by atoms with Crippen LogP contribution in [0.25, 0.3) is 11.1 Å². The number of alkyl halides is 3. The van der Waals surface area contributed by atoms with E-state index < -0.39 is 12.3 Å². The Hall–Kier alpha value is -3.42. The van der Waals surface area contributed by atoms with Crippen molar-refractivity contribution in [1.82, 2.24) is 4.57 Å². The summed E-state index contributed by atoms with van der Waals surface area (Å²) in [5.41, 5.74) is 9.43. The lowest BCUT2D eigenvalue weighted by Gasteiger charge is -2.16. The van der Waals surface area contributed by atoms with Gasteiger partial charge in [0, 0.05) is 22.5 Å². The number of carbonyl (C=O) groups excluding carboxylic acids is 1. The van der Waals surface area contributed by atoms with Crippen LogP contribution in [0.15, 0.2) is 48.5 Å². The summed E-state index contributed by atoms with van der Waals surface area (Å²) in [6, 6.07) is 13.2. The van der Waals surface area contributed by atoms with Crippen LogP contribution in [0.3, 0.4) is 0 Å². The number of hydrogen-bond acceptors (Lipinski definition) is 3. The number of ether oxygens (including phenoxy) is 2. The number of carbonyl (C=O) groups is 1. The molecule has 2 N–H and O–H groups in total. The molecule has 0 saturated carbocycles. The lowest BCUT2D eigenvalue weighted by molar-refractivity contribution is -0.274. The number of aromatic nitrogens is 1. The van der Waals surface area contributed by atoms with E-state index in [1.807, 2.05) is 35.8 Å². The monoisotopic (exact) mass is 460 g/mol. The molecule has 0 aliphatic heterocycles. The summed E-state index contributed by atoms with van der Waals surface area (Å²) in [4.78, 5) is 12.5. The first kappa shape index (κ1) is 24.2. The average molecular weight is 460 g/mol. The number of nitrogens with zero attached hydrogens (tertiary/aromatic N) is 1. The van der Waals surface area contributed by atoms with Gasteiger partial charge in [-0.3, -0.25) is 4.79 Å². The maximum atomic E-state index is 12.8. The summed E-state index contributed by atoms with van der Waals surface area (Å²) < 4.78 is 50.0. The normalized spacial score (nSPS) is 11.5. The van der Waals surface area contributed by atoms with E-state index in [0.29, 0.717) is 41.1 Å². The van der Waals surface area contributed by atoms with Gasteiger partial charge in [-0.2, -0.15) is 0 Å². The number of unbranched alkanes of at least 4 members (excludes halogenated alkanes) is 1. The first-order valence-electron chi connectivity index (χ1n) is 10.7. The predicted octanol–water partition coefficient (Wildman–Crippen LogP) is 5.86. The van der Waals surface area contributed by atoms with Gasteiger partial charge in [0.15, 0.2) is 0 Å². The Morgan fingerprint density at radius 3 is 2.48 bits per heavy atom. The highest BCUT2D eigenvalue weighted by molar-refractivity contribution is 6.02. The van der Waals surface area contributed by atoms with Crippen molar-refractivity contribution in [2.45, 2.75) is 46.0 Å². The summed E-state index contributed by atoms with van der Waals surface area (Å²) in [7, 11) is 1.59. The van der Waals surface area contributed by atoms with Gasteiger partial charge in [-0.15, -0.1) is 13.2 Å². The van der Waals surface area contributed by atoms with E-state index in [-0.39, 0.29) is 5.75 Å². The summed E-state index contributed by atoms with van der Waals surface area (Å²) >= 11 is 0. The minimum absolute atomic E-state index is 0.292. The van der Waals surface area contributed by atoms with Crippen molar-refractivity contribution in [3.8, 4) is 22.6 Å². The second kappa shape index (κ2) is 10.0. The third kappa shape index (κ3) is 5.50. The van der Waals surface area contributed by atoms with Gasteiger partial charge in [0.1, 0.15) is 11.5 Å². The Balaban J connectivity index is 2.22. The molecular formula is C25H27F3N2O3. The molecule has 0 bridgehead atoms. The molecule has 0 atom stereocenters. The first-order chi connectivity index (χ1) is 15.7. The van der Waals surface area contributed by atoms with Crippen LogP contribution >= 0.6 is 0 Å². The predicted molar refractivity (Wildman–Crippen MR) is 121 cm³/mol. The molecule has 3 aromatic rings. The van der Waals surface area contributed by atoms with Gasteiger partial charge < -0.3 is 19.8 Å². The highest BCUT2D eigenvalue weighted by atomic mass is 19.4. The van der Waals surface area contributed by atoms with Crippen molar-refractivity contribution in [2.24, 2.45) is 5.73 Å². The Morgan fingerprint density at radius 2 is 1.85 bits per heavy atom. The van der Waals surface area contributed by atoms with Crippen molar-refractivity contribution in [1.29, 1.82) is 0 Å². The Labute approximate surface area is 190 Å². The molecule has 0 aliphatic rings. The third-order valence-corrected chi connectivity index (χ3v) is 5.52. The molecule has 1 amide bonds. The van der Waals surface area contributed by atoms with Crippen LogP contribution in [0.1, 0.15) is 47.1 Å². The van der Waals surface area contributed by atoms with Crippen molar-refractivity contribution >= 4 is 5.91 Å². The highest BCUT2D eigenvalue weighted by Crippen LogP contribution is 2.37. The fourth-order valence-corrected chi connectivity index (χ4v) is 4.08. The zero-order valence-electron chi connectivity index (χ0n) is 18.8. The zero-order valence-corrected chi connectivity index (χ0v) is 18.8. The standard InChI is InChI=1S/C25H27F3N2O3/c1-4-5-12-20-23(17-10-8-11-19(14-17)33-25(26,27)28)22(24(29)31)16(2)30(20)15-18-9-6-7-13-21(18)32-3/h6-11,13-14H,4-5,12,15H2,1-3H3,(H2,29,31). The molecule has 2 aromatic carbocycles. The lowest BCUT2D eigenvalue weighted by atomic mass is 9.97. The number of methoxy groups -OCH3 is 1. The van der Waals surface area contributed by atoms with Gasteiger partial charge in [0.05, 0.1) is 19.2 Å². The molecule has 8 heteroatoms. The van der Waals surface area contributed by atoms with Gasteiger partial charge in [0.2, 0.25) is 0 Å². The number of nitrogens with two attached hydrogens (primary N) is 1. The number of hydrogen-bond donors (Lipinski definition) is 1. The number of rotatable bonds is 9. The molecule has 3 rings (SSSR count). The van der Waals surface area contributed by atoms with E-state index in [0.717, 1.165) is 24.1 Å². The van der Waals surface area contributed by atoms with Crippen LogP contribution in [-0.2, 0) is 13.0 Å². The van der Waals surface area contributed by atoms with Gasteiger partial charge in [-0.05, 0) is 43.5 Å². The third-order valence-electron chi connectivity index (χ3n) is 5.52. The van der Waals surface area contributed by atoms with E-state index in [4.69, 9.17) is 10.5 Å². The second-order valence-corrected chi connectivity index (χ2v) is 7.72. The van der Waals surface area contributed by atoms with Crippen molar-refractivity contribution in [3.05, 3.63) is 71.0 Å². The van der Waals surface area contributed by atoms with E-state index in [1.54, 1.807) is 20.1 Å². The number of para-hydroxylation sites is 1. The quantitative estimate of drug-likeness (QED) is 0.435. The fourth-order valence-electron chi connectivity index (χ4n) is 4.08. The first-order valence-corrected chi connectivity index (χ1v) is 10.7. The molecule has 176 valence electrons. The van der Waals surface area contributed by atoms with Gasteiger partial charge in [-0.25, -0.2) is 0 Å². The zero-order chi connectivity index (χ0) is 24.2. The van der Waals surface area contributed by atoms with Gasteiger partial charge in [-0.1, -0.05) is 43.7 Å². The number of halogens is 3. The molecule has 1 heterocycles. The largest absolute Gasteiger partial charge is 0.573 e. The molecule has 0 radical (unpaired) electrons. The summed E-state index contributed by atoms with van der Waals surface area (Å²) in [5.74, 6) is -0.289. The minimum Gasteiger partial charge on any atom is -0.496 e. The van der Waals surface area contributed by atoms with Gasteiger partial charge in [0.25, 0.3) is 5.91 Å².